The van der Waals surface area contributed by atoms with Crippen molar-refractivity contribution in [2.45, 2.75) is 41.5 Å². The molecule has 0 spiro atoms. The Kier molecular flexibility index (Phi) is 5.86. The molecule has 148 valence electrons. The first-order chi connectivity index (χ1) is 13.9. The van der Waals surface area contributed by atoms with Crippen molar-refractivity contribution in [1.29, 1.82) is 0 Å². The molecule has 4 aromatic rings. The van der Waals surface area contributed by atoms with Gasteiger partial charge in [-0.2, -0.15) is 0 Å². The zero-order valence-corrected chi connectivity index (χ0v) is 22.5. The average molecular weight is 451 g/mol. The number of hydrogen-bond donors (Lipinski definition) is 0. The molecule has 0 N–H and O–H groups in total. The van der Waals surface area contributed by atoms with Crippen molar-refractivity contribution < 1.29 is 13.9 Å². The van der Waals surface area contributed by atoms with Gasteiger partial charge in [-0.05, 0) is 0 Å². The summed E-state index contributed by atoms with van der Waals surface area (Å²) in [6.45, 7) is 14.0. The van der Waals surface area contributed by atoms with E-state index < -0.39 is 0 Å². The standard InChI is InChI=1S/2C13H15Si.Cr/c2*1-8-9(2)11-6-4-5-7-12(11)13(14)10(8)3;/h2*4-7H,14H2,1-3H3;. The molecule has 4 rings (SSSR count). The Balaban J connectivity index is 1.71. The second kappa shape index (κ2) is 8.24. The van der Waals surface area contributed by atoms with E-state index in [-0.39, 0.29) is 16.2 Å². The van der Waals surface area contributed by atoms with E-state index in [1.54, 1.807) is 21.5 Å². The van der Waals surface area contributed by atoms with E-state index in [1.807, 2.05) is 0 Å². The van der Waals surface area contributed by atoms with Gasteiger partial charge in [0, 0.05) is 0 Å². The molecule has 0 bridgehead atoms. The number of rotatable bonds is 4. The summed E-state index contributed by atoms with van der Waals surface area (Å²) in [5.74, 6) is 0. The zero-order chi connectivity index (χ0) is 20.7. The van der Waals surface area contributed by atoms with Gasteiger partial charge in [-0.25, -0.2) is 0 Å². The number of hydrogen-bond acceptors (Lipinski definition) is 0. The van der Waals surface area contributed by atoms with Crippen LogP contribution in [0, 0.1) is 41.5 Å². The normalized spacial score (nSPS) is 12.3. The Morgan fingerprint density at radius 1 is 0.448 bits per heavy atom. The molecule has 0 aliphatic heterocycles. The van der Waals surface area contributed by atoms with Gasteiger partial charge in [0.05, 0.1) is 0 Å². The fourth-order valence-corrected chi connectivity index (χ4v) is 19.2. The number of fused-ring (bicyclic) bond motifs is 2. The molecule has 3 heteroatoms. The Morgan fingerprint density at radius 2 is 0.793 bits per heavy atom. The van der Waals surface area contributed by atoms with Crippen LogP contribution in [0.5, 0.6) is 0 Å². The summed E-state index contributed by atoms with van der Waals surface area (Å²) >= 11 is 0.810. The van der Waals surface area contributed by atoms with Crippen LogP contribution >= 0.6 is 0 Å². The van der Waals surface area contributed by atoms with Gasteiger partial charge in [-0.15, -0.1) is 0 Å². The summed E-state index contributed by atoms with van der Waals surface area (Å²) in [7, 11) is -0.447. The van der Waals surface area contributed by atoms with Crippen LogP contribution in [0.2, 0.25) is 0 Å². The molecule has 0 saturated carbocycles. The molecule has 0 nitrogen and oxygen atoms in total. The molecule has 0 fully saturated rings. The predicted octanol–water partition coefficient (Wildman–Crippen LogP) is 4.04. The molecular weight excluding hydrogens is 420 g/mol. The monoisotopic (exact) mass is 450 g/mol. The summed E-state index contributed by atoms with van der Waals surface area (Å²) in [5, 5.41) is 9.50. The summed E-state index contributed by atoms with van der Waals surface area (Å²) in [5.41, 5.74) is 9.11. The third-order valence-corrected chi connectivity index (χ3v) is 19.4. The molecule has 0 unspecified atom stereocenters. The fourth-order valence-electron chi connectivity index (χ4n) is 4.60. The Labute approximate surface area is 185 Å². The maximum atomic E-state index is 2.37. The van der Waals surface area contributed by atoms with Gasteiger partial charge in [-0.1, -0.05) is 0 Å². The summed E-state index contributed by atoms with van der Waals surface area (Å²) in [4.78, 5) is 0. The first kappa shape index (κ1) is 20.6. The first-order valence-electron chi connectivity index (χ1n) is 10.4. The molecule has 0 amide bonds. The second-order valence-electron chi connectivity index (χ2n) is 8.29. The van der Waals surface area contributed by atoms with Gasteiger partial charge in [0.1, 0.15) is 0 Å². The average Bonchev–Trinajstić information content (AvgIpc) is 2.75. The Morgan fingerprint density at radius 3 is 1.17 bits per heavy atom. The molecule has 0 aromatic heterocycles. The molecule has 0 aliphatic rings. The van der Waals surface area contributed by atoms with E-state index in [0.29, 0.717) is 0 Å². The van der Waals surface area contributed by atoms with Crippen LogP contribution in [0.4, 0.5) is 0 Å². The van der Waals surface area contributed by atoms with Gasteiger partial charge in [0.25, 0.3) is 0 Å². The van der Waals surface area contributed by atoms with Gasteiger partial charge in [0.15, 0.2) is 0 Å². The number of aryl methyl sites for hydroxylation is 2. The van der Waals surface area contributed by atoms with Crippen molar-refractivity contribution in [3.8, 4) is 0 Å². The maximum absolute atomic E-state index is 2.37. The van der Waals surface area contributed by atoms with Gasteiger partial charge in [-0.3, -0.25) is 0 Å². The van der Waals surface area contributed by atoms with Crippen LogP contribution in [0.3, 0.4) is 0 Å². The fraction of sp³-hybridized carbons (Fsp3) is 0.231. The Hall–Kier alpha value is -1.63. The third-order valence-electron chi connectivity index (χ3n) is 6.96. The molecule has 4 aromatic carbocycles. The van der Waals surface area contributed by atoms with Crippen molar-refractivity contribution >= 4 is 48.1 Å². The summed E-state index contributed by atoms with van der Waals surface area (Å²) in [6, 6.07) is 18.2. The van der Waals surface area contributed by atoms with Crippen molar-refractivity contribution in [3.63, 3.8) is 0 Å². The van der Waals surface area contributed by atoms with Gasteiger partial charge in [0.2, 0.25) is 0 Å². The topological polar surface area (TPSA) is 0 Å². The minimum absolute atomic E-state index is 0.223. The quantitative estimate of drug-likeness (QED) is 0.412. The van der Waals surface area contributed by atoms with Crippen LogP contribution < -0.4 is 10.4 Å². The Bertz CT molecular complexity index is 1140. The first-order valence-corrected chi connectivity index (χ1v) is 18.4. The zero-order valence-electron chi connectivity index (χ0n) is 18.4. The third kappa shape index (κ3) is 3.55. The number of benzene rings is 4. The van der Waals surface area contributed by atoms with Gasteiger partial charge >= 0.3 is 185 Å². The summed E-state index contributed by atoms with van der Waals surface area (Å²) < 4.78 is 0. The molecular formula is C26H30CrSi2. The van der Waals surface area contributed by atoms with Crippen molar-refractivity contribution in [3.05, 3.63) is 81.9 Å². The SMILES string of the molecule is Cc1c(C)c([SiH2][Cr][SiH2]c2c(C)c(C)c(C)c3ccccc23)c2ccccc2c1C. The minimum atomic E-state index is -0.223. The van der Waals surface area contributed by atoms with Crippen molar-refractivity contribution in [2.75, 3.05) is 0 Å². The van der Waals surface area contributed by atoms with Crippen LogP contribution in [0.25, 0.3) is 21.5 Å². The van der Waals surface area contributed by atoms with Crippen LogP contribution in [0.1, 0.15) is 33.4 Å². The van der Waals surface area contributed by atoms with E-state index in [1.165, 1.54) is 43.8 Å². The van der Waals surface area contributed by atoms with Crippen molar-refractivity contribution in [1.82, 2.24) is 0 Å². The predicted molar refractivity (Wildman–Crippen MR) is 133 cm³/mol. The van der Waals surface area contributed by atoms with Crippen molar-refractivity contribution in [2.24, 2.45) is 0 Å². The molecule has 0 saturated heterocycles. The summed E-state index contributed by atoms with van der Waals surface area (Å²) in [6.07, 6.45) is 0. The van der Waals surface area contributed by atoms with E-state index in [0.717, 1.165) is 13.9 Å². The van der Waals surface area contributed by atoms with Crippen LogP contribution in [-0.4, -0.2) is 16.2 Å². The molecule has 0 aliphatic carbocycles. The van der Waals surface area contributed by atoms with Crippen LogP contribution in [-0.2, 0) is 13.9 Å². The van der Waals surface area contributed by atoms with E-state index >= 15 is 0 Å². The second-order valence-corrected chi connectivity index (χ2v) is 20.4. The van der Waals surface area contributed by atoms with E-state index in [4.69, 9.17) is 0 Å². The van der Waals surface area contributed by atoms with Crippen LogP contribution in [0.15, 0.2) is 48.5 Å². The molecule has 0 heterocycles. The molecule has 0 atom stereocenters. The molecule has 29 heavy (non-hydrogen) atoms. The van der Waals surface area contributed by atoms with E-state index in [9.17, 15) is 0 Å². The van der Waals surface area contributed by atoms with E-state index in [2.05, 4.69) is 90.1 Å². The van der Waals surface area contributed by atoms with Gasteiger partial charge < -0.3 is 0 Å². The molecule has 0 radical (unpaired) electrons.